The molecule has 3 aliphatic heterocycles. The van der Waals surface area contributed by atoms with Crippen LogP contribution >= 0.6 is 0 Å². The van der Waals surface area contributed by atoms with Gasteiger partial charge in [0.2, 0.25) is 5.91 Å². The van der Waals surface area contributed by atoms with Gasteiger partial charge >= 0.3 is 31.1 Å². The lowest BCUT2D eigenvalue weighted by Crippen LogP contribution is -2.63. The van der Waals surface area contributed by atoms with E-state index in [4.69, 9.17) is 9.47 Å². The number of fused-ring (bicyclic) bond motifs is 2. The second-order valence-corrected chi connectivity index (χ2v) is 21.9. The number of aromatic nitrogens is 3. The van der Waals surface area contributed by atoms with Crippen LogP contribution in [-0.4, -0.2) is 153 Å². The molecule has 4 amide bonds. The summed E-state index contributed by atoms with van der Waals surface area (Å²) in [6.07, 6.45) is -11.7. The summed E-state index contributed by atoms with van der Waals surface area (Å²) < 4.78 is 157. The summed E-state index contributed by atoms with van der Waals surface area (Å²) in [6.45, 7) is -0.119. The molecule has 28 heteroatoms. The molecule has 2 aromatic carbocycles. The molecule has 2 aromatic heterocycles. The summed E-state index contributed by atoms with van der Waals surface area (Å²) in [6, 6.07) is 6.43. The van der Waals surface area contributed by atoms with Gasteiger partial charge in [-0.25, -0.2) is 33.0 Å². The number of halogens is 10. The van der Waals surface area contributed by atoms with Crippen molar-refractivity contribution in [3.8, 4) is 23.1 Å². The van der Waals surface area contributed by atoms with Gasteiger partial charge in [-0.3, -0.25) is 19.9 Å². The van der Waals surface area contributed by atoms with Gasteiger partial charge in [0.25, 0.3) is 5.91 Å². The predicted molar refractivity (Wildman–Crippen MR) is 272 cm³/mol. The Kier molecular flexibility index (Phi) is 18.0. The molecule has 2 bridgehead atoms. The number of ether oxygens (including phenoxy) is 2. The van der Waals surface area contributed by atoms with Crippen molar-refractivity contribution in [1.29, 1.82) is 0 Å². The molecule has 82 heavy (non-hydrogen) atoms. The summed E-state index contributed by atoms with van der Waals surface area (Å²) in [5, 5.41) is 31.4. The lowest BCUT2D eigenvalue weighted by molar-refractivity contribution is -0.221. The van der Waals surface area contributed by atoms with Crippen LogP contribution in [0.2, 0.25) is 0 Å². The number of aliphatic hydroxyl groups excluding tert-OH is 1. The highest BCUT2D eigenvalue weighted by atomic mass is 19.4. The van der Waals surface area contributed by atoms with Crippen LogP contribution in [0.15, 0.2) is 67.0 Å². The molecule has 18 nitrogen and oxygen atoms in total. The number of piperazine rings is 1. The first-order valence-electron chi connectivity index (χ1n) is 26.1. The van der Waals surface area contributed by atoms with Gasteiger partial charge in [-0.05, 0) is 108 Å². The van der Waals surface area contributed by atoms with Crippen LogP contribution in [0.25, 0.3) is 11.3 Å². The van der Waals surface area contributed by atoms with E-state index in [1.807, 2.05) is 22.9 Å². The van der Waals surface area contributed by atoms with Gasteiger partial charge in [-0.15, -0.1) is 0 Å². The van der Waals surface area contributed by atoms with Crippen molar-refractivity contribution in [2.24, 2.45) is 10.8 Å². The summed E-state index contributed by atoms with van der Waals surface area (Å²) >= 11 is 0. The van der Waals surface area contributed by atoms with Crippen LogP contribution in [0.3, 0.4) is 0 Å². The van der Waals surface area contributed by atoms with E-state index in [9.17, 15) is 64.5 Å². The van der Waals surface area contributed by atoms with Gasteiger partial charge in [0.05, 0.1) is 47.9 Å². The number of aliphatic hydroxyl groups is 1. The molecule has 6 atom stereocenters. The van der Waals surface area contributed by atoms with E-state index in [0.717, 1.165) is 57.2 Å². The number of alkyl carbamates (subject to hydrolysis) is 1. The fraction of sp³-hybridized carbons (Fsp3) is 0.519. The van der Waals surface area contributed by atoms with E-state index in [1.165, 1.54) is 17.4 Å². The minimum Gasteiger partial charge on any atom is -0.465 e. The van der Waals surface area contributed by atoms with Crippen molar-refractivity contribution in [1.82, 2.24) is 46.0 Å². The Morgan fingerprint density at radius 2 is 1.38 bits per heavy atom. The van der Waals surface area contributed by atoms with Crippen LogP contribution in [-0.2, 0) is 32.0 Å². The van der Waals surface area contributed by atoms with E-state index in [1.54, 1.807) is 18.3 Å². The number of benzene rings is 2. The van der Waals surface area contributed by atoms with Crippen LogP contribution in [0.5, 0.6) is 0 Å². The number of carbonyl (C=O) groups is 4. The van der Waals surface area contributed by atoms with Crippen LogP contribution in [0, 0.1) is 34.3 Å². The number of anilines is 1. The maximum absolute atomic E-state index is 16.0. The minimum atomic E-state index is -5.28. The molecule has 4 fully saturated rings. The highest BCUT2D eigenvalue weighted by Gasteiger charge is 2.57. The minimum absolute atomic E-state index is 0.192. The Hall–Kier alpha value is -7.22. The summed E-state index contributed by atoms with van der Waals surface area (Å²) in [5.74, 6) is 0.674. The fourth-order valence-corrected chi connectivity index (χ4v) is 9.94. The highest BCUT2D eigenvalue weighted by Crippen LogP contribution is 2.42. The largest absolute Gasteiger partial charge is 0.465 e. The normalized spacial score (nSPS) is 19.4. The maximum atomic E-state index is 16.0. The Morgan fingerprint density at radius 3 is 1.89 bits per heavy atom. The van der Waals surface area contributed by atoms with Crippen molar-refractivity contribution < 1.29 is 82.8 Å². The summed E-state index contributed by atoms with van der Waals surface area (Å²) in [7, 11) is 0. The topological polar surface area (TPSA) is 216 Å². The van der Waals surface area contributed by atoms with Gasteiger partial charge in [0.1, 0.15) is 35.6 Å². The SMILES string of the molecule is CC(C)(C(NC(=O)OC1CC1)C(=O)N[C@@H](Cc1ccc(C#Cc2ccc(N3CC4CCC(C3)N4C3COC3)nc2)cc1)[C@@H](O)CN(Cc1c(F)cc(-c2ccn(C(F)F)n2)cc1F)NC(=O)[C@@H](NC(=O)O)C(C)(C)C(F)(F)F)C(F)(F)F. The van der Waals surface area contributed by atoms with Gasteiger partial charge in [-0.1, -0.05) is 24.0 Å². The second kappa shape index (κ2) is 24.3. The average molecular weight is 1170 g/mol. The second-order valence-electron chi connectivity index (χ2n) is 21.9. The zero-order valence-corrected chi connectivity index (χ0v) is 44.6. The molecule has 8 rings (SSSR count). The van der Waals surface area contributed by atoms with Crippen molar-refractivity contribution in [3.05, 3.63) is 101 Å². The molecule has 4 aromatic rings. The Labute approximate surface area is 463 Å². The van der Waals surface area contributed by atoms with E-state index < -0.39 is 121 Å². The Bertz CT molecular complexity index is 2980. The molecule has 6 N–H and O–H groups in total. The molecule has 444 valence electrons. The van der Waals surface area contributed by atoms with Crippen LogP contribution < -0.4 is 26.3 Å². The summed E-state index contributed by atoms with van der Waals surface area (Å²) in [4.78, 5) is 62.3. The van der Waals surface area contributed by atoms with E-state index in [2.05, 4.69) is 37.0 Å². The number of nitrogens with one attached hydrogen (secondary N) is 4. The first-order valence-corrected chi connectivity index (χ1v) is 26.1. The van der Waals surface area contributed by atoms with Gasteiger partial charge in [0.15, 0.2) is 0 Å². The third-order valence-electron chi connectivity index (χ3n) is 15.2. The highest BCUT2D eigenvalue weighted by molar-refractivity contribution is 5.87. The van der Waals surface area contributed by atoms with Crippen molar-refractivity contribution >= 4 is 29.8 Å². The zero-order valence-electron chi connectivity index (χ0n) is 44.6. The average Bonchev–Trinajstić information content (AvgIpc) is 4.09. The first kappa shape index (κ1) is 60.9. The number of pyridine rings is 1. The van der Waals surface area contributed by atoms with Crippen molar-refractivity contribution in [3.63, 3.8) is 0 Å². The van der Waals surface area contributed by atoms with E-state index in [0.29, 0.717) is 86.9 Å². The molecule has 3 unspecified atom stereocenters. The van der Waals surface area contributed by atoms with Crippen molar-refractivity contribution in [2.75, 3.05) is 37.7 Å². The first-order chi connectivity index (χ1) is 38.5. The van der Waals surface area contributed by atoms with Gasteiger partial charge < -0.3 is 40.5 Å². The van der Waals surface area contributed by atoms with Crippen LogP contribution in [0.4, 0.5) is 59.3 Å². The molecule has 1 aliphatic carbocycles. The molecule has 5 heterocycles. The molecule has 1 saturated carbocycles. The lowest BCUT2D eigenvalue weighted by atomic mass is 9.82. The smallest absolute Gasteiger partial charge is 0.408 e. The third-order valence-corrected chi connectivity index (χ3v) is 15.2. The number of hydrogen-bond acceptors (Lipinski definition) is 12. The Balaban J connectivity index is 1.08. The molecular weight excluding hydrogens is 1110 g/mol. The van der Waals surface area contributed by atoms with Crippen molar-refractivity contribution in [2.45, 2.75) is 134 Å². The number of nitrogens with zero attached hydrogens (tertiary/aromatic N) is 6. The van der Waals surface area contributed by atoms with Gasteiger partial charge in [0, 0.05) is 72.9 Å². The van der Waals surface area contributed by atoms with E-state index in [-0.39, 0.29) is 21.5 Å². The maximum Gasteiger partial charge on any atom is 0.408 e. The van der Waals surface area contributed by atoms with E-state index >= 15 is 8.78 Å². The third kappa shape index (κ3) is 14.2. The number of alkyl halides is 8. The molecule has 4 aliphatic rings. The number of carboxylic acid groups (broad SMARTS) is 1. The molecule has 0 spiro atoms. The molecule has 0 radical (unpaired) electrons. The molecule has 3 saturated heterocycles. The zero-order chi connectivity index (χ0) is 59.6. The number of hydrazine groups is 1. The summed E-state index contributed by atoms with van der Waals surface area (Å²) in [5.41, 5.74) is -4.61. The van der Waals surface area contributed by atoms with Gasteiger partial charge in [-0.2, -0.15) is 40.2 Å². The number of amides is 4. The standard InChI is InChI=1S/C54H60F10N10O8/c1-51(2,53(59,60)61)44(68-50(80)82-36-14-15-36)46(76)66-41(19-30-8-5-29(6-9-30)7-10-31-11-16-43(65-22-31)71-23-33-12-13-34(24-71)74(33)35-27-81-28-35)42(75)26-72(70-47(77)45(67-49(78)79)52(3,4)54(62,63)64)25-37-38(55)20-32(21-39(37)56)40-17-18-73(69-40)48(57)58/h5-6,8-9,11,16-18,20-22,33-36,41-42,44-45,48,67,75H,12-15,19,23-28H2,1-4H3,(H,66,76)(H,68,80)(H,70,77)(H,78,79)/t33?,34?,41-,42-,44?,45+/m0/s1. The lowest BCUT2D eigenvalue weighted by Gasteiger charge is -2.47. The fourth-order valence-electron chi connectivity index (χ4n) is 9.94. The number of hydrogen-bond donors (Lipinski definition) is 6. The monoisotopic (exact) mass is 1170 g/mol. The van der Waals surface area contributed by atoms with Crippen LogP contribution in [0.1, 0.15) is 82.2 Å². The number of carbonyl (C=O) groups excluding carboxylic acids is 3. The number of rotatable bonds is 20. The predicted octanol–water partition coefficient (Wildman–Crippen LogP) is 7.06. The molecular formula is C54H60F10N10O8. The quantitative estimate of drug-likeness (QED) is 0.0297. The Morgan fingerprint density at radius 1 is 0.793 bits per heavy atom.